The third-order valence-corrected chi connectivity index (χ3v) is 2.65. The van der Waals surface area contributed by atoms with Crippen molar-refractivity contribution >= 4 is 0 Å². The Morgan fingerprint density at radius 1 is 1.38 bits per heavy atom. The molecular weight excluding hydrogens is 206 g/mol. The Morgan fingerprint density at radius 2 is 2.19 bits per heavy atom. The Hall–Kier alpha value is -1.13. The number of aliphatic hydroxyl groups is 1. The number of aliphatic hydroxyl groups excluding tert-OH is 1. The molecule has 2 heterocycles. The second kappa shape index (κ2) is 5.82. The molecule has 0 amide bonds. The van der Waals surface area contributed by atoms with Crippen LogP contribution < -0.4 is 4.74 Å². The van der Waals surface area contributed by atoms with Gasteiger partial charge in [0.1, 0.15) is 6.10 Å². The van der Waals surface area contributed by atoms with Gasteiger partial charge >= 0.3 is 0 Å². The molecule has 1 N–H and O–H groups in total. The summed E-state index contributed by atoms with van der Waals surface area (Å²) in [5.41, 5.74) is 1.03. The Kier molecular flexibility index (Phi) is 4.13. The van der Waals surface area contributed by atoms with E-state index < -0.39 is 0 Å². The number of aromatic nitrogens is 1. The van der Waals surface area contributed by atoms with E-state index in [9.17, 15) is 0 Å². The molecule has 1 aromatic rings. The molecule has 0 atom stereocenters. The van der Waals surface area contributed by atoms with Crippen LogP contribution in [-0.2, 0) is 11.2 Å². The number of hydrogen-bond acceptors (Lipinski definition) is 4. The first-order valence-corrected chi connectivity index (χ1v) is 5.68. The maximum atomic E-state index is 8.78. The van der Waals surface area contributed by atoms with Crippen LogP contribution >= 0.6 is 0 Å². The van der Waals surface area contributed by atoms with Gasteiger partial charge in [0, 0.05) is 31.7 Å². The zero-order valence-corrected chi connectivity index (χ0v) is 9.26. The average molecular weight is 223 g/mol. The molecule has 1 aromatic heterocycles. The summed E-state index contributed by atoms with van der Waals surface area (Å²) in [6.45, 7) is 1.70. The molecule has 16 heavy (non-hydrogen) atoms. The van der Waals surface area contributed by atoms with Crippen molar-refractivity contribution in [2.75, 3.05) is 19.8 Å². The summed E-state index contributed by atoms with van der Waals surface area (Å²) >= 11 is 0. The van der Waals surface area contributed by atoms with Gasteiger partial charge in [0.25, 0.3) is 0 Å². The zero-order chi connectivity index (χ0) is 11.2. The first-order valence-electron chi connectivity index (χ1n) is 5.68. The monoisotopic (exact) mass is 223 g/mol. The first-order chi connectivity index (χ1) is 7.88. The SMILES string of the molecule is OCCc1ccc(OC2CCOCC2)nc1. The van der Waals surface area contributed by atoms with Crippen molar-refractivity contribution in [2.24, 2.45) is 0 Å². The van der Waals surface area contributed by atoms with Crippen molar-refractivity contribution in [3.8, 4) is 5.88 Å². The normalized spacial score (nSPS) is 17.3. The van der Waals surface area contributed by atoms with Gasteiger partial charge in [-0.15, -0.1) is 0 Å². The van der Waals surface area contributed by atoms with Gasteiger partial charge in [0.15, 0.2) is 0 Å². The van der Waals surface area contributed by atoms with Gasteiger partial charge in [-0.1, -0.05) is 6.07 Å². The van der Waals surface area contributed by atoms with Crippen LogP contribution in [-0.4, -0.2) is 36.0 Å². The van der Waals surface area contributed by atoms with Crippen LogP contribution in [0.5, 0.6) is 5.88 Å². The highest BCUT2D eigenvalue weighted by molar-refractivity contribution is 5.18. The first kappa shape index (κ1) is 11.4. The topological polar surface area (TPSA) is 51.6 Å². The fourth-order valence-electron chi connectivity index (χ4n) is 1.72. The lowest BCUT2D eigenvalue weighted by Gasteiger charge is -2.22. The number of rotatable bonds is 4. The molecule has 0 aromatic carbocycles. The van der Waals surface area contributed by atoms with Crippen LogP contribution in [0.2, 0.25) is 0 Å². The third kappa shape index (κ3) is 3.18. The van der Waals surface area contributed by atoms with Gasteiger partial charge in [0.05, 0.1) is 13.2 Å². The smallest absolute Gasteiger partial charge is 0.213 e. The van der Waals surface area contributed by atoms with Gasteiger partial charge in [-0.05, 0) is 12.0 Å². The highest BCUT2D eigenvalue weighted by Gasteiger charge is 2.15. The number of pyridine rings is 1. The van der Waals surface area contributed by atoms with Crippen LogP contribution in [0, 0.1) is 0 Å². The molecule has 1 fully saturated rings. The van der Waals surface area contributed by atoms with E-state index >= 15 is 0 Å². The number of nitrogens with zero attached hydrogens (tertiary/aromatic N) is 1. The summed E-state index contributed by atoms with van der Waals surface area (Å²) in [5, 5.41) is 8.78. The predicted molar refractivity (Wildman–Crippen MR) is 59.5 cm³/mol. The van der Waals surface area contributed by atoms with Gasteiger partial charge in [-0.25, -0.2) is 4.98 Å². The fraction of sp³-hybridized carbons (Fsp3) is 0.583. The van der Waals surface area contributed by atoms with E-state index in [1.165, 1.54) is 0 Å². The van der Waals surface area contributed by atoms with E-state index in [0.29, 0.717) is 12.3 Å². The molecule has 1 aliphatic heterocycles. The van der Waals surface area contributed by atoms with Crippen LogP contribution in [0.15, 0.2) is 18.3 Å². The van der Waals surface area contributed by atoms with Gasteiger partial charge in [0.2, 0.25) is 5.88 Å². The molecule has 0 spiro atoms. The average Bonchev–Trinajstić information content (AvgIpc) is 2.33. The van der Waals surface area contributed by atoms with Crippen molar-refractivity contribution in [3.63, 3.8) is 0 Å². The maximum Gasteiger partial charge on any atom is 0.213 e. The van der Waals surface area contributed by atoms with E-state index in [4.69, 9.17) is 14.6 Å². The largest absolute Gasteiger partial charge is 0.474 e. The third-order valence-electron chi connectivity index (χ3n) is 2.65. The molecule has 0 unspecified atom stereocenters. The predicted octanol–water partition coefficient (Wildman–Crippen LogP) is 1.17. The van der Waals surface area contributed by atoms with Gasteiger partial charge < -0.3 is 14.6 Å². The molecule has 0 bridgehead atoms. The maximum absolute atomic E-state index is 8.78. The fourth-order valence-corrected chi connectivity index (χ4v) is 1.72. The summed E-state index contributed by atoms with van der Waals surface area (Å²) in [6.07, 6.45) is 4.49. The molecule has 88 valence electrons. The standard InChI is InChI=1S/C12H17NO3/c14-6-3-10-1-2-12(13-9-10)16-11-4-7-15-8-5-11/h1-2,9,11,14H,3-8H2. The Balaban J connectivity index is 1.88. The van der Waals surface area contributed by atoms with Gasteiger partial charge in [-0.2, -0.15) is 0 Å². The van der Waals surface area contributed by atoms with Crippen molar-refractivity contribution in [3.05, 3.63) is 23.9 Å². The van der Waals surface area contributed by atoms with E-state index in [-0.39, 0.29) is 12.7 Å². The van der Waals surface area contributed by atoms with Crippen LogP contribution in [0.1, 0.15) is 18.4 Å². The Labute approximate surface area is 95.2 Å². The van der Waals surface area contributed by atoms with Crippen molar-refractivity contribution < 1.29 is 14.6 Å². The molecule has 2 rings (SSSR count). The highest BCUT2D eigenvalue weighted by Crippen LogP contribution is 2.15. The highest BCUT2D eigenvalue weighted by atomic mass is 16.5. The molecule has 1 aliphatic rings. The molecule has 0 aliphatic carbocycles. The summed E-state index contributed by atoms with van der Waals surface area (Å²) in [4.78, 5) is 4.22. The van der Waals surface area contributed by atoms with Crippen molar-refractivity contribution in [2.45, 2.75) is 25.4 Å². The van der Waals surface area contributed by atoms with E-state index in [0.717, 1.165) is 31.6 Å². The lowest BCUT2D eigenvalue weighted by molar-refractivity contribution is 0.0237. The number of hydrogen-bond donors (Lipinski definition) is 1. The van der Waals surface area contributed by atoms with Crippen LogP contribution in [0.4, 0.5) is 0 Å². The Bertz CT molecular complexity index is 307. The zero-order valence-electron chi connectivity index (χ0n) is 9.26. The Morgan fingerprint density at radius 3 is 2.81 bits per heavy atom. The van der Waals surface area contributed by atoms with Crippen molar-refractivity contribution in [1.29, 1.82) is 0 Å². The van der Waals surface area contributed by atoms with Gasteiger partial charge in [-0.3, -0.25) is 0 Å². The minimum absolute atomic E-state index is 0.155. The minimum atomic E-state index is 0.155. The molecule has 0 saturated carbocycles. The molecular formula is C12H17NO3. The molecule has 4 nitrogen and oxygen atoms in total. The lowest BCUT2D eigenvalue weighted by Crippen LogP contribution is -2.26. The number of ether oxygens (including phenoxy) is 2. The quantitative estimate of drug-likeness (QED) is 0.832. The summed E-state index contributed by atoms with van der Waals surface area (Å²) in [6, 6.07) is 3.80. The van der Waals surface area contributed by atoms with E-state index in [2.05, 4.69) is 4.98 Å². The van der Waals surface area contributed by atoms with E-state index in [1.807, 2.05) is 12.1 Å². The summed E-state index contributed by atoms with van der Waals surface area (Å²) < 4.78 is 11.0. The minimum Gasteiger partial charge on any atom is -0.474 e. The summed E-state index contributed by atoms with van der Waals surface area (Å²) in [7, 11) is 0. The summed E-state index contributed by atoms with van der Waals surface area (Å²) in [5.74, 6) is 0.661. The molecule has 0 radical (unpaired) electrons. The van der Waals surface area contributed by atoms with Crippen LogP contribution in [0.25, 0.3) is 0 Å². The second-order valence-electron chi connectivity index (χ2n) is 3.91. The lowest BCUT2D eigenvalue weighted by atomic mass is 10.1. The molecule has 4 heteroatoms. The second-order valence-corrected chi connectivity index (χ2v) is 3.91. The van der Waals surface area contributed by atoms with Crippen LogP contribution in [0.3, 0.4) is 0 Å². The molecule has 1 saturated heterocycles. The van der Waals surface area contributed by atoms with E-state index in [1.54, 1.807) is 6.20 Å². The van der Waals surface area contributed by atoms with Crippen molar-refractivity contribution in [1.82, 2.24) is 4.98 Å².